The van der Waals surface area contributed by atoms with E-state index in [0.29, 0.717) is 5.92 Å². The molecule has 3 heteroatoms. The molecule has 2 rings (SSSR count). The fraction of sp³-hybridized carbons (Fsp3) is 0.474. The average molecular weight is 300 g/mol. The topological polar surface area (TPSA) is 25.8 Å². The summed E-state index contributed by atoms with van der Waals surface area (Å²) in [7, 11) is 0. The second kappa shape index (κ2) is 6.99. The van der Waals surface area contributed by atoms with Crippen molar-refractivity contribution >= 4 is 0 Å². The quantitative estimate of drug-likeness (QED) is 0.805. The van der Waals surface area contributed by atoms with Crippen molar-refractivity contribution < 1.29 is 4.39 Å². The Morgan fingerprint density at radius 2 is 1.68 bits per heavy atom. The lowest BCUT2D eigenvalue weighted by Crippen LogP contribution is -2.12. The predicted molar refractivity (Wildman–Crippen MR) is 88.2 cm³/mol. The highest BCUT2D eigenvalue weighted by atomic mass is 19.1. The fourth-order valence-electron chi connectivity index (χ4n) is 2.60. The Morgan fingerprint density at radius 3 is 2.32 bits per heavy atom. The van der Waals surface area contributed by atoms with Crippen LogP contribution in [0.2, 0.25) is 0 Å². The van der Waals surface area contributed by atoms with Crippen LogP contribution in [0.3, 0.4) is 0 Å². The number of hydrogen-bond acceptors (Lipinski definition) is 2. The van der Waals surface area contributed by atoms with E-state index in [2.05, 4.69) is 50.9 Å². The van der Waals surface area contributed by atoms with E-state index in [1.165, 1.54) is 12.3 Å². The van der Waals surface area contributed by atoms with Crippen LogP contribution in [0.25, 0.3) is 0 Å². The van der Waals surface area contributed by atoms with E-state index in [1.54, 1.807) is 6.07 Å². The molecule has 1 unspecified atom stereocenters. The number of nitrogens with zero attached hydrogens (tertiary/aromatic N) is 2. The van der Waals surface area contributed by atoms with Gasteiger partial charge in [-0.1, -0.05) is 33.8 Å². The molecule has 2 aromatic heterocycles. The first-order chi connectivity index (χ1) is 10.3. The van der Waals surface area contributed by atoms with Crippen molar-refractivity contribution in [1.29, 1.82) is 0 Å². The molecule has 2 heterocycles. The average Bonchev–Trinajstić information content (AvgIpc) is 2.40. The number of pyridine rings is 2. The first-order valence-electron chi connectivity index (χ1n) is 7.87. The minimum atomic E-state index is -0.284. The molecule has 1 atom stereocenters. The lowest BCUT2D eigenvalue weighted by molar-refractivity contribution is 0.405. The van der Waals surface area contributed by atoms with E-state index >= 15 is 0 Å². The van der Waals surface area contributed by atoms with Crippen LogP contribution in [0.1, 0.15) is 44.8 Å². The molecule has 0 bridgehead atoms. The van der Waals surface area contributed by atoms with Gasteiger partial charge < -0.3 is 0 Å². The molecule has 0 amide bonds. The molecule has 0 aliphatic carbocycles. The van der Waals surface area contributed by atoms with E-state index in [9.17, 15) is 4.39 Å². The summed E-state index contributed by atoms with van der Waals surface area (Å²) in [6.07, 6.45) is 4.02. The molecule has 2 aromatic rings. The zero-order chi connectivity index (χ0) is 16.2. The van der Waals surface area contributed by atoms with Crippen molar-refractivity contribution in [2.24, 2.45) is 11.3 Å². The zero-order valence-electron chi connectivity index (χ0n) is 13.9. The van der Waals surface area contributed by atoms with Gasteiger partial charge in [0.2, 0.25) is 0 Å². The largest absolute Gasteiger partial charge is 0.258 e. The molecule has 0 saturated carbocycles. The van der Waals surface area contributed by atoms with Crippen molar-refractivity contribution in [3.05, 3.63) is 59.4 Å². The van der Waals surface area contributed by atoms with Gasteiger partial charge in [-0.25, -0.2) is 4.39 Å². The molecule has 0 saturated heterocycles. The standard InChI is InChI=1S/C19H25FN2/c1-14(10-16-9-8-15(20)13-21-16)11-17-6-5-7-18(22-17)12-19(2,3)4/h5-9,13-14H,10-12H2,1-4H3. The van der Waals surface area contributed by atoms with Crippen LogP contribution in [0, 0.1) is 17.2 Å². The summed E-state index contributed by atoms with van der Waals surface area (Å²) >= 11 is 0. The Hall–Kier alpha value is -1.77. The summed E-state index contributed by atoms with van der Waals surface area (Å²) < 4.78 is 12.9. The SMILES string of the molecule is CC(Cc1ccc(F)cn1)Cc1cccc(CC(C)(C)C)n1. The van der Waals surface area contributed by atoms with Gasteiger partial charge in [0.25, 0.3) is 0 Å². The smallest absolute Gasteiger partial charge is 0.141 e. The Balaban J connectivity index is 1.97. The van der Waals surface area contributed by atoms with Crippen LogP contribution in [0.4, 0.5) is 4.39 Å². The highest BCUT2D eigenvalue weighted by Gasteiger charge is 2.13. The Labute approximate surface area is 132 Å². The van der Waals surface area contributed by atoms with E-state index < -0.39 is 0 Å². The molecule has 0 aromatic carbocycles. The number of halogens is 1. The van der Waals surface area contributed by atoms with Gasteiger partial charge in [0.15, 0.2) is 0 Å². The third kappa shape index (κ3) is 5.55. The summed E-state index contributed by atoms with van der Waals surface area (Å²) in [6, 6.07) is 9.50. The maximum atomic E-state index is 12.9. The molecule has 22 heavy (non-hydrogen) atoms. The molecule has 0 radical (unpaired) electrons. The van der Waals surface area contributed by atoms with Gasteiger partial charge in [0.1, 0.15) is 5.82 Å². The Kier molecular flexibility index (Phi) is 5.28. The summed E-state index contributed by atoms with van der Waals surface area (Å²) in [6.45, 7) is 8.86. The maximum Gasteiger partial charge on any atom is 0.141 e. The third-order valence-electron chi connectivity index (χ3n) is 3.48. The van der Waals surface area contributed by atoms with Crippen molar-refractivity contribution in [1.82, 2.24) is 9.97 Å². The minimum absolute atomic E-state index is 0.245. The van der Waals surface area contributed by atoms with Gasteiger partial charge in [0.05, 0.1) is 6.20 Å². The molecular formula is C19H25FN2. The van der Waals surface area contributed by atoms with Gasteiger partial charge in [-0.05, 0) is 54.9 Å². The predicted octanol–water partition coefficient (Wildman–Crippen LogP) is 4.63. The summed E-state index contributed by atoms with van der Waals surface area (Å²) in [5.41, 5.74) is 3.45. The minimum Gasteiger partial charge on any atom is -0.258 e. The first kappa shape index (κ1) is 16.6. The van der Waals surface area contributed by atoms with Crippen LogP contribution in [-0.2, 0) is 19.3 Å². The van der Waals surface area contributed by atoms with Gasteiger partial charge in [0, 0.05) is 17.1 Å². The number of rotatable bonds is 5. The van der Waals surface area contributed by atoms with E-state index in [-0.39, 0.29) is 11.2 Å². The lowest BCUT2D eigenvalue weighted by Gasteiger charge is -2.18. The van der Waals surface area contributed by atoms with E-state index in [4.69, 9.17) is 4.98 Å². The highest BCUT2D eigenvalue weighted by molar-refractivity contribution is 5.14. The molecule has 0 fully saturated rings. The van der Waals surface area contributed by atoms with Crippen molar-refractivity contribution in [3.8, 4) is 0 Å². The first-order valence-corrected chi connectivity index (χ1v) is 7.87. The normalized spacial score (nSPS) is 13.1. The number of hydrogen-bond donors (Lipinski definition) is 0. The van der Waals surface area contributed by atoms with Crippen molar-refractivity contribution in [2.75, 3.05) is 0 Å². The Bertz CT molecular complexity index is 600. The van der Waals surface area contributed by atoms with Gasteiger partial charge >= 0.3 is 0 Å². The third-order valence-corrected chi connectivity index (χ3v) is 3.48. The molecule has 0 aliphatic heterocycles. The van der Waals surface area contributed by atoms with Crippen LogP contribution >= 0.6 is 0 Å². The molecule has 0 aliphatic rings. The zero-order valence-corrected chi connectivity index (χ0v) is 13.9. The maximum absolute atomic E-state index is 12.9. The molecule has 0 N–H and O–H groups in total. The molecule has 2 nitrogen and oxygen atoms in total. The van der Waals surface area contributed by atoms with Crippen molar-refractivity contribution in [3.63, 3.8) is 0 Å². The van der Waals surface area contributed by atoms with E-state index in [1.807, 2.05) is 0 Å². The second-order valence-corrected chi connectivity index (χ2v) is 7.34. The highest BCUT2D eigenvalue weighted by Crippen LogP contribution is 2.20. The van der Waals surface area contributed by atoms with Gasteiger partial charge in [-0.15, -0.1) is 0 Å². The van der Waals surface area contributed by atoms with Crippen LogP contribution < -0.4 is 0 Å². The summed E-state index contributed by atoms with van der Waals surface area (Å²) in [5.74, 6) is 0.142. The number of aromatic nitrogens is 2. The molecular weight excluding hydrogens is 275 g/mol. The fourth-order valence-corrected chi connectivity index (χ4v) is 2.60. The summed E-state index contributed by atoms with van der Waals surface area (Å²) in [5, 5.41) is 0. The van der Waals surface area contributed by atoms with E-state index in [0.717, 1.165) is 36.3 Å². The molecule has 0 spiro atoms. The van der Waals surface area contributed by atoms with Crippen molar-refractivity contribution in [2.45, 2.75) is 47.0 Å². The molecule has 118 valence electrons. The Morgan fingerprint density at radius 1 is 1.00 bits per heavy atom. The van der Waals surface area contributed by atoms with Gasteiger partial charge in [-0.2, -0.15) is 0 Å². The van der Waals surface area contributed by atoms with Crippen LogP contribution in [0.15, 0.2) is 36.5 Å². The van der Waals surface area contributed by atoms with Crippen LogP contribution in [-0.4, -0.2) is 9.97 Å². The lowest BCUT2D eigenvalue weighted by atomic mass is 9.90. The summed E-state index contributed by atoms with van der Waals surface area (Å²) in [4.78, 5) is 8.90. The second-order valence-electron chi connectivity index (χ2n) is 7.34. The van der Waals surface area contributed by atoms with Crippen LogP contribution in [0.5, 0.6) is 0 Å². The monoisotopic (exact) mass is 300 g/mol. The van der Waals surface area contributed by atoms with Gasteiger partial charge in [-0.3, -0.25) is 9.97 Å².